The predicted octanol–water partition coefficient (Wildman–Crippen LogP) is 3.73. The first-order valence-corrected chi connectivity index (χ1v) is 6.72. The molecule has 0 amide bonds. The first kappa shape index (κ1) is 13.7. The Labute approximate surface area is 119 Å². The predicted molar refractivity (Wildman–Crippen MR) is 83.7 cm³/mol. The standard InChI is InChI=1S/C15H19N3S/c1-11-10-13(18(17-11)15(2,3)4)16-14(19)12-8-6-5-7-9-12/h5-10H,1-4H3,(H,16,19). The Kier molecular flexibility index (Phi) is 3.71. The molecule has 19 heavy (non-hydrogen) atoms. The number of benzene rings is 1. The number of anilines is 1. The smallest absolute Gasteiger partial charge is 0.130 e. The summed E-state index contributed by atoms with van der Waals surface area (Å²) >= 11 is 5.44. The number of thiocarbonyl (C=S) groups is 1. The molecule has 100 valence electrons. The SMILES string of the molecule is Cc1cc(NC(=S)c2ccccc2)n(C(C)(C)C)n1. The zero-order valence-corrected chi connectivity index (χ0v) is 12.6. The molecule has 3 nitrogen and oxygen atoms in total. The molecule has 0 aliphatic rings. The van der Waals surface area contributed by atoms with E-state index in [9.17, 15) is 0 Å². The van der Waals surface area contributed by atoms with E-state index in [1.165, 1.54) is 0 Å². The summed E-state index contributed by atoms with van der Waals surface area (Å²) in [5, 5.41) is 7.81. The summed E-state index contributed by atoms with van der Waals surface area (Å²) in [6.45, 7) is 8.35. The molecule has 1 aromatic carbocycles. The summed E-state index contributed by atoms with van der Waals surface area (Å²) in [4.78, 5) is 0.714. The van der Waals surface area contributed by atoms with Crippen LogP contribution in [0.3, 0.4) is 0 Å². The van der Waals surface area contributed by atoms with Gasteiger partial charge in [0, 0.05) is 11.6 Å². The maximum absolute atomic E-state index is 5.44. The molecule has 0 bridgehead atoms. The highest BCUT2D eigenvalue weighted by molar-refractivity contribution is 7.81. The lowest BCUT2D eigenvalue weighted by Crippen LogP contribution is -2.26. The van der Waals surface area contributed by atoms with Crippen LogP contribution in [0.4, 0.5) is 5.82 Å². The maximum atomic E-state index is 5.44. The monoisotopic (exact) mass is 273 g/mol. The largest absolute Gasteiger partial charge is 0.331 e. The molecule has 0 spiro atoms. The second-order valence-electron chi connectivity index (χ2n) is 5.57. The number of aromatic nitrogens is 2. The van der Waals surface area contributed by atoms with Gasteiger partial charge in [0.1, 0.15) is 10.8 Å². The number of rotatable bonds is 2. The number of nitrogens with one attached hydrogen (secondary N) is 1. The van der Waals surface area contributed by atoms with Crippen molar-refractivity contribution in [2.45, 2.75) is 33.2 Å². The van der Waals surface area contributed by atoms with Gasteiger partial charge in [0.2, 0.25) is 0 Å². The summed E-state index contributed by atoms with van der Waals surface area (Å²) in [6.07, 6.45) is 0. The minimum Gasteiger partial charge on any atom is -0.331 e. The fraction of sp³-hybridized carbons (Fsp3) is 0.333. The topological polar surface area (TPSA) is 29.9 Å². The van der Waals surface area contributed by atoms with Gasteiger partial charge in [0.15, 0.2) is 0 Å². The Morgan fingerprint density at radius 2 is 1.84 bits per heavy atom. The molecular weight excluding hydrogens is 254 g/mol. The van der Waals surface area contributed by atoms with Gasteiger partial charge in [0.25, 0.3) is 0 Å². The molecule has 0 aliphatic heterocycles. The first-order chi connectivity index (χ1) is 8.88. The van der Waals surface area contributed by atoms with E-state index in [0.29, 0.717) is 4.99 Å². The number of aryl methyl sites for hydroxylation is 1. The van der Waals surface area contributed by atoms with Crippen molar-refractivity contribution in [2.24, 2.45) is 0 Å². The van der Waals surface area contributed by atoms with Gasteiger partial charge in [-0.3, -0.25) is 0 Å². The normalized spacial score (nSPS) is 11.4. The second kappa shape index (κ2) is 5.13. The van der Waals surface area contributed by atoms with E-state index in [-0.39, 0.29) is 5.54 Å². The molecule has 2 rings (SSSR count). The Balaban J connectivity index is 2.27. The summed E-state index contributed by atoms with van der Waals surface area (Å²) in [6, 6.07) is 12.0. The zero-order valence-electron chi connectivity index (χ0n) is 11.8. The summed E-state index contributed by atoms with van der Waals surface area (Å²) in [5.74, 6) is 0.929. The molecule has 4 heteroatoms. The van der Waals surface area contributed by atoms with Crippen LogP contribution in [0.15, 0.2) is 36.4 Å². The van der Waals surface area contributed by atoms with Gasteiger partial charge < -0.3 is 5.32 Å². The van der Waals surface area contributed by atoms with Crippen molar-refractivity contribution >= 4 is 23.0 Å². The number of hydrogen-bond acceptors (Lipinski definition) is 2. The minimum absolute atomic E-state index is 0.0805. The number of hydrogen-bond donors (Lipinski definition) is 1. The lowest BCUT2D eigenvalue weighted by atomic mass is 10.1. The maximum Gasteiger partial charge on any atom is 0.130 e. The first-order valence-electron chi connectivity index (χ1n) is 6.31. The molecule has 0 atom stereocenters. The van der Waals surface area contributed by atoms with Crippen LogP contribution in [-0.4, -0.2) is 14.8 Å². The van der Waals surface area contributed by atoms with Gasteiger partial charge in [-0.15, -0.1) is 0 Å². The lowest BCUT2D eigenvalue weighted by Gasteiger charge is -2.23. The molecule has 0 saturated carbocycles. The van der Waals surface area contributed by atoms with E-state index in [0.717, 1.165) is 17.1 Å². The van der Waals surface area contributed by atoms with Crippen LogP contribution in [0, 0.1) is 6.92 Å². The van der Waals surface area contributed by atoms with Gasteiger partial charge in [-0.05, 0) is 27.7 Å². The van der Waals surface area contributed by atoms with E-state index in [1.54, 1.807) is 0 Å². The molecule has 1 aromatic heterocycles. The lowest BCUT2D eigenvalue weighted by molar-refractivity contribution is 0.360. The highest BCUT2D eigenvalue weighted by Gasteiger charge is 2.19. The van der Waals surface area contributed by atoms with Gasteiger partial charge >= 0.3 is 0 Å². The molecule has 0 unspecified atom stereocenters. The van der Waals surface area contributed by atoms with Gasteiger partial charge in [-0.2, -0.15) is 5.10 Å². The van der Waals surface area contributed by atoms with E-state index < -0.39 is 0 Å². The van der Waals surface area contributed by atoms with Crippen molar-refractivity contribution in [3.8, 4) is 0 Å². The van der Waals surface area contributed by atoms with Crippen molar-refractivity contribution in [3.05, 3.63) is 47.7 Å². The molecule has 2 aromatic rings. The van der Waals surface area contributed by atoms with E-state index in [2.05, 4.69) is 31.2 Å². The molecule has 0 saturated heterocycles. The highest BCUT2D eigenvalue weighted by atomic mass is 32.1. The van der Waals surface area contributed by atoms with Crippen LogP contribution in [0.25, 0.3) is 0 Å². The third-order valence-electron chi connectivity index (χ3n) is 2.74. The minimum atomic E-state index is -0.0805. The highest BCUT2D eigenvalue weighted by Crippen LogP contribution is 2.21. The van der Waals surface area contributed by atoms with Crippen molar-refractivity contribution in [1.29, 1.82) is 0 Å². The van der Waals surface area contributed by atoms with Crippen molar-refractivity contribution in [2.75, 3.05) is 5.32 Å². The van der Waals surface area contributed by atoms with Crippen LogP contribution in [0.2, 0.25) is 0 Å². The van der Waals surface area contributed by atoms with Crippen LogP contribution in [0.5, 0.6) is 0 Å². The van der Waals surface area contributed by atoms with Crippen molar-refractivity contribution < 1.29 is 0 Å². The van der Waals surface area contributed by atoms with E-state index in [1.807, 2.05) is 48.0 Å². The fourth-order valence-corrected chi connectivity index (χ4v) is 2.12. The van der Waals surface area contributed by atoms with Crippen LogP contribution >= 0.6 is 12.2 Å². The molecule has 0 radical (unpaired) electrons. The molecule has 1 heterocycles. The van der Waals surface area contributed by atoms with Crippen LogP contribution in [0.1, 0.15) is 32.0 Å². The Bertz CT molecular complexity index is 579. The third-order valence-corrected chi connectivity index (χ3v) is 3.08. The summed E-state index contributed by atoms with van der Waals surface area (Å²) in [7, 11) is 0. The Morgan fingerprint density at radius 3 is 2.42 bits per heavy atom. The van der Waals surface area contributed by atoms with Gasteiger partial charge in [-0.25, -0.2) is 4.68 Å². The third kappa shape index (κ3) is 3.20. The molecule has 0 fully saturated rings. The summed E-state index contributed by atoms with van der Waals surface area (Å²) < 4.78 is 1.97. The van der Waals surface area contributed by atoms with E-state index in [4.69, 9.17) is 12.2 Å². The zero-order chi connectivity index (χ0) is 14.0. The molecule has 1 N–H and O–H groups in total. The second-order valence-corrected chi connectivity index (χ2v) is 5.98. The van der Waals surface area contributed by atoms with Gasteiger partial charge in [-0.1, -0.05) is 42.5 Å². The molecular formula is C15H19N3S. The summed E-state index contributed by atoms with van der Waals surface area (Å²) in [5.41, 5.74) is 1.91. The average molecular weight is 273 g/mol. The Morgan fingerprint density at radius 1 is 1.21 bits per heavy atom. The van der Waals surface area contributed by atoms with Gasteiger partial charge in [0.05, 0.1) is 11.2 Å². The van der Waals surface area contributed by atoms with Crippen molar-refractivity contribution in [3.63, 3.8) is 0 Å². The Hall–Kier alpha value is -1.68. The quantitative estimate of drug-likeness (QED) is 0.845. The van der Waals surface area contributed by atoms with Crippen LogP contribution in [-0.2, 0) is 5.54 Å². The van der Waals surface area contributed by atoms with E-state index >= 15 is 0 Å². The van der Waals surface area contributed by atoms with Crippen molar-refractivity contribution in [1.82, 2.24) is 9.78 Å². The average Bonchev–Trinajstić information content (AvgIpc) is 2.71. The molecule has 0 aliphatic carbocycles. The van der Waals surface area contributed by atoms with Crippen LogP contribution < -0.4 is 5.32 Å². The fourth-order valence-electron chi connectivity index (χ4n) is 1.88. The number of nitrogens with zero attached hydrogens (tertiary/aromatic N) is 2.